The number of hydrogen-bond donors (Lipinski definition) is 2. The fourth-order valence-electron chi connectivity index (χ4n) is 2.94. The number of fused-ring (bicyclic) bond motifs is 1. The lowest BCUT2D eigenvalue weighted by molar-refractivity contribution is -0.116. The summed E-state index contributed by atoms with van der Waals surface area (Å²) in [5.74, 6) is 1.11. The van der Waals surface area contributed by atoms with E-state index in [4.69, 9.17) is 9.47 Å². The van der Waals surface area contributed by atoms with E-state index in [0.717, 1.165) is 5.56 Å². The van der Waals surface area contributed by atoms with Gasteiger partial charge in [0.15, 0.2) is 17.6 Å². The molecule has 1 aliphatic rings. The number of hydrogen-bond acceptors (Lipinski definition) is 4. The van der Waals surface area contributed by atoms with Gasteiger partial charge in [-0.05, 0) is 35.1 Å². The maximum atomic E-state index is 12.3. The molecule has 2 N–H and O–H groups in total. The molecule has 1 atom stereocenters. The Hall–Kier alpha value is -2.53. The van der Waals surface area contributed by atoms with Crippen LogP contribution in [0.25, 0.3) is 0 Å². The average Bonchev–Trinajstić information content (AvgIpc) is 2.65. The smallest absolute Gasteiger partial charge is 0.224 e. The predicted molar refractivity (Wildman–Crippen MR) is 106 cm³/mol. The van der Waals surface area contributed by atoms with Crippen LogP contribution in [0.15, 0.2) is 42.5 Å². The Morgan fingerprint density at radius 2 is 1.89 bits per heavy atom. The third kappa shape index (κ3) is 5.01. The summed E-state index contributed by atoms with van der Waals surface area (Å²) in [7, 11) is 0. The van der Waals surface area contributed by atoms with Gasteiger partial charge in [0.1, 0.15) is 6.61 Å². The Labute approximate surface area is 160 Å². The van der Waals surface area contributed by atoms with Crippen LogP contribution in [0, 0.1) is 0 Å². The average molecular weight is 369 g/mol. The van der Waals surface area contributed by atoms with E-state index in [2.05, 4.69) is 50.4 Å². The molecule has 1 aliphatic heterocycles. The van der Waals surface area contributed by atoms with Crippen LogP contribution in [-0.4, -0.2) is 30.3 Å². The van der Waals surface area contributed by atoms with Crippen LogP contribution in [-0.2, 0) is 16.6 Å². The minimum atomic E-state index is -0.375. The van der Waals surface area contributed by atoms with Crippen molar-refractivity contribution in [3.05, 3.63) is 53.6 Å². The van der Waals surface area contributed by atoms with Crippen molar-refractivity contribution in [3.63, 3.8) is 0 Å². The van der Waals surface area contributed by atoms with Gasteiger partial charge in [0.25, 0.3) is 0 Å². The van der Waals surface area contributed by atoms with E-state index < -0.39 is 0 Å². The number of rotatable bonds is 5. The van der Waals surface area contributed by atoms with Gasteiger partial charge in [-0.25, -0.2) is 0 Å². The lowest BCUT2D eigenvalue weighted by Gasteiger charge is -2.25. The van der Waals surface area contributed by atoms with Gasteiger partial charge in [0.2, 0.25) is 5.91 Å². The molecule has 0 radical (unpaired) electrons. The zero-order chi connectivity index (χ0) is 19.4. The fraction of sp³-hybridized carbons (Fsp3) is 0.409. The molecular formula is C22H27NO4. The lowest BCUT2D eigenvalue weighted by Crippen LogP contribution is -2.32. The number of aliphatic hydroxyl groups excluding tert-OH is 1. The largest absolute Gasteiger partial charge is 0.486 e. The highest BCUT2D eigenvalue weighted by Crippen LogP contribution is 2.34. The topological polar surface area (TPSA) is 67.8 Å². The molecule has 5 heteroatoms. The molecule has 0 bridgehead atoms. The molecule has 0 aliphatic carbocycles. The number of anilines is 1. The quantitative estimate of drug-likeness (QED) is 0.843. The normalized spacial score (nSPS) is 16.1. The Bertz CT molecular complexity index is 793. The van der Waals surface area contributed by atoms with Crippen molar-refractivity contribution in [2.24, 2.45) is 0 Å². The standard InChI is InChI=1S/C22H27NO4/c1-22(2,3)16-7-4-15(5-8-16)6-11-21(25)23-17-9-10-19-20(12-17)27-18(13-24)14-26-19/h4-5,7-10,12,18,24H,6,11,13-14H2,1-3H3,(H,23,25)/t18-/m1/s1. The molecule has 1 amide bonds. The van der Waals surface area contributed by atoms with Crippen LogP contribution in [0.2, 0.25) is 0 Å². The van der Waals surface area contributed by atoms with Crippen LogP contribution in [0.1, 0.15) is 38.3 Å². The third-order valence-electron chi connectivity index (χ3n) is 4.61. The maximum absolute atomic E-state index is 12.3. The fourth-order valence-corrected chi connectivity index (χ4v) is 2.94. The van der Waals surface area contributed by atoms with E-state index in [-0.39, 0.29) is 24.0 Å². The molecular weight excluding hydrogens is 342 g/mol. The second-order valence-electron chi connectivity index (χ2n) is 7.89. The van der Waals surface area contributed by atoms with E-state index >= 15 is 0 Å². The van der Waals surface area contributed by atoms with Gasteiger partial charge >= 0.3 is 0 Å². The van der Waals surface area contributed by atoms with E-state index in [1.54, 1.807) is 18.2 Å². The van der Waals surface area contributed by atoms with E-state index in [1.807, 2.05) is 0 Å². The Morgan fingerprint density at radius 3 is 2.56 bits per heavy atom. The summed E-state index contributed by atoms with van der Waals surface area (Å²) in [6.45, 7) is 6.77. The zero-order valence-electron chi connectivity index (χ0n) is 16.1. The number of aryl methyl sites for hydroxylation is 1. The van der Waals surface area contributed by atoms with Crippen LogP contribution in [0.3, 0.4) is 0 Å². The van der Waals surface area contributed by atoms with Gasteiger partial charge in [0, 0.05) is 18.2 Å². The van der Waals surface area contributed by atoms with Crippen molar-refractivity contribution >= 4 is 11.6 Å². The minimum Gasteiger partial charge on any atom is -0.486 e. The molecule has 144 valence electrons. The third-order valence-corrected chi connectivity index (χ3v) is 4.61. The van der Waals surface area contributed by atoms with Crippen LogP contribution in [0.5, 0.6) is 11.5 Å². The monoisotopic (exact) mass is 369 g/mol. The van der Waals surface area contributed by atoms with Crippen molar-refractivity contribution in [1.82, 2.24) is 0 Å². The number of nitrogens with one attached hydrogen (secondary N) is 1. The van der Waals surface area contributed by atoms with Crippen LogP contribution >= 0.6 is 0 Å². The summed E-state index contributed by atoms with van der Waals surface area (Å²) in [6.07, 6.45) is 0.718. The highest BCUT2D eigenvalue weighted by molar-refractivity contribution is 5.91. The van der Waals surface area contributed by atoms with Crippen molar-refractivity contribution in [2.75, 3.05) is 18.5 Å². The van der Waals surface area contributed by atoms with Gasteiger partial charge in [0.05, 0.1) is 6.61 Å². The number of ether oxygens (including phenoxy) is 2. The molecule has 0 saturated heterocycles. The van der Waals surface area contributed by atoms with Crippen molar-refractivity contribution < 1.29 is 19.4 Å². The maximum Gasteiger partial charge on any atom is 0.224 e. The van der Waals surface area contributed by atoms with Crippen molar-refractivity contribution in [1.29, 1.82) is 0 Å². The van der Waals surface area contributed by atoms with Gasteiger partial charge in [-0.2, -0.15) is 0 Å². The number of carbonyl (C=O) groups is 1. The number of amides is 1. The molecule has 0 saturated carbocycles. The minimum absolute atomic E-state index is 0.0507. The van der Waals surface area contributed by atoms with Gasteiger partial charge in [-0.1, -0.05) is 45.0 Å². The van der Waals surface area contributed by atoms with Crippen molar-refractivity contribution in [3.8, 4) is 11.5 Å². The molecule has 0 aromatic heterocycles. The summed E-state index contributed by atoms with van der Waals surface area (Å²) in [4.78, 5) is 12.3. The zero-order valence-corrected chi connectivity index (χ0v) is 16.1. The van der Waals surface area contributed by atoms with Gasteiger partial charge in [-0.15, -0.1) is 0 Å². The summed E-state index contributed by atoms with van der Waals surface area (Å²) >= 11 is 0. The molecule has 2 aromatic rings. The second-order valence-corrected chi connectivity index (χ2v) is 7.89. The molecule has 0 fully saturated rings. The highest BCUT2D eigenvalue weighted by atomic mass is 16.6. The second kappa shape index (κ2) is 8.01. The predicted octanol–water partition coefficient (Wildman–Crippen LogP) is 3.69. The van der Waals surface area contributed by atoms with Crippen molar-refractivity contribution in [2.45, 2.75) is 45.1 Å². The molecule has 0 spiro atoms. The number of benzene rings is 2. The molecule has 5 nitrogen and oxygen atoms in total. The van der Waals surface area contributed by atoms with E-state index in [9.17, 15) is 9.90 Å². The highest BCUT2D eigenvalue weighted by Gasteiger charge is 2.20. The number of carbonyl (C=O) groups excluding carboxylic acids is 1. The molecule has 2 aromatic carbocycles. The van der Waals surface area contributed by atoms with Crippen LogP contribution < -0.4 is 14.8 Å². The van der Waals surface area contributed by atoms with E-state index in [1.165, 1.54) is 5.56 Å². The van der Waals surface area contributed by atoms with Gasteiger partial charge < -0.3 is 19.9 Å². The molecule has 27 heavy (non-hydrogen) atoms. The summed E-state index contributed by atoms with van der Waals surface area (Å²) in [5.41, 5.74) is 3.21. The van der Waals surface area contributed by atoms with E-state index in [0.29, 0.717) is 36.6 Å². The summed E-state index contributed by atoms with van der Waals surface area (Å²) in [5, 5.41) is 12.1. The molecule has 3 rings (SSSR count). The van der Waals surface area contributed by atoms with Crippen LogP contribution in [0.4, 0.5) is 5.69 Å². The first kappa shape index (κ1) is 19.2. The Morgan fingerprint density at radius 1 is 1.15 bits per heavy atom. The van der Waals surface area contributed by atoms with Gasteiger partial charge in [-0.3, -0.25) is 4.79 Å². The lowest BCUT2D eigenvalue weighted by atomic mass is 9.86. The first-order valence-corrected chi connectivity index (χ1v) is 9.29. The molecule has 0 unspecified atom stereocenters. The summed E-state index contributed by atoms with van der Waals surface area (Å²) in [6, 6.07) is 13.7. The molecule has 1 heterocycles. The first-order valence-electron chi connectivity index (χ1n) is 9.29. The SMILES string of the molecule is CC(C)(C)c1ccc(CCC(=O)Nc2ccc3c(c2)O[C@H](CO)CO3)cc1. The Kier molecular flexibility index (Phi) is 5.71. The summed E-state index contributed by atoms with van der Waals surface area (Å²) < 4.78 is 11.2. The Balaban J connectivity index is 1.55. The number of aliphatic hydroxyl groups is 1. The first-order chi connectivity index (χ1) is 12.8.